The van der Waals surface area contributed by atoms with E-state index in [-0.39, 0.29) is 11.8 Å². The fourth-order valence-electron chi connectivity index (χ4n) is 2.08. The van der Waals surface area contributed by atoms with E-state index in [0.717, 1.165) is 25.2 Å². The van der Waals surface area contributed by atoms with Gasteiger partial charge in [-0.3, -0.25) is 4.79 Å². The van der Waals surface area contributed by atoms with E-state index in [4.69, 9.17) is 5.73 Å². The van der Waals surface area contributed by atoms with Crippen LogP contribution in [0.1, 0.15) is 34.1 Å². The molecule has 0 aromatic heterocycles. The number of amides is 1. The van der Waals surface area contributed by atoms with Gasteiger partial charge in [0.1, 0.15) is 0 Å². The summed E-state index contributed by atoms with van der Waals surface area (Å²) in [5, 5.41) is 2.88. The van der Waals surface area contributed by atoms with Gasteiger partial charge in [-0.2, -0.15) is 0 Å². The zero-order chi connectivity index (χ0) is 15.1. The number of benzene rings is 1. The lowest BCUT2D eigenvalue weighted by Gasteiger charge is -2.21. The molecule has 0 fully saturated rings. The van der Waals surface area contributed by atoms with Crippen molar-refractivity contribution < 1.29 is 4.79 Å². The van der Waals surface area contributed by atoms with Gasteiger partial charge < -0.3 is 16.0 Å². The lowest BCUT2D eigenvalue weighted by Crippen LogP contribution is -2.40. The molecule has 0 aliphatic rings. The number of anilines is 2. The van der Waals surface area contributed by atoms with E-state index in [2.05, 4.69) is 24.1 Å². The second-order valence-electron chi connectivity index (χ2n) is 5.12. The molecule has 0 aliphatic heterocycles. The third-order valence-corrected chi connectivity index (χ3v) is 3.82. The van der Waals surface area contributed by atoms with Crippen LogP contribution in [0, 0.1) is 5.92 Å². The Bertz CT molecular complexity index is 412. The van der Waals surface area contributed by atoms with Crippen LogP contribution in [0.5, 0.6) is 0 Å². The predicted octanol–water partition coefficient (Wildman–Crippen LogP) is 2.84. The summed E-state index contributed by atoms with van der Waals surface area (Å²) in [5.41, 5.74) is 7.88. The van der Waals surface area contributed by atoms with Gasteiger partial charge >= 0.3 is 0 Å². The average molecular weight is 277 g/mol. The van der Waals surface area contributed by atoms with Crippen LogP contribution in [0.2, 0.25) is 0 Å². The van der Waals surface area contributed by atoms with Crippen molar-refractivity contribution in [1.29, 1.82) is 0 Å². The van der Waals surface area contributed by atoms with Crippen molar-refractivity contribution >= 4 is 17.3 Å². The molecule has 1 aromatic carbocycles. The number of nitrogens with two attached hydrogens (primary N) is 1. The number of carbonyl (C=O) groups excluding carboxylic acids is 1. The van der Waals surface area contributed by atoms with Crippen LogP contribution in [-0.4, -0.2) is 25.0 Å². The second kappa shape index (κ2) is 7.90. The van der Waals surface area contributed by atoms with Crippen LogP contribution in [0.3, 0.4) is 0 Å². The van der Waals surface area contributed by atoms with E-state index in [0.29, 0.717) is 0 Å². The van der Waals surface area contributed by atoms with Gasteiger partial charge in [0, 0.05) is 24.5 Å². The number of nitrogens with zero attached hydrogens (tertiary/aromatic N) is 1. The van der Waals surface area contributed by atoms with Crippen LogP contribution in [-0.2, 0) is 4.79 Å². The maximum atomic E-state index is 12.0. The lowest BCUT2D eigenvalue weighted by molar-refractivity contribution is -0.118. The molecule has 0 heterocycles. The van der Waals surface area contributed by atoms with Crippen molar-refractivity contribution in [2.24, 2.45) is 11.7 Å². The van der Waals surface area contributed by atoms with Gasteiger partial charge in [-0.1, -0.05) is 20.3 Å². The molecule has 1 aromatic rings. The minimum Gasteiger partial charge on any atom is -0.372 e. The summed E-state index contributed by atoms with van der Waals surface area (Å²) in [5.74, 6) is 0.0693. The number of hydrogen-bond acceptors (Lipinski definition) is 3. The van der Waals surface area contributed by atoms with E-state index >= 15 is 0 Å². The maximum Gasteiger partial charge on any atom is 0.241 e. The molecule has 1 rings (SSSR count). The topological polar surface area (TPSA) is 58.4 Å². The molecule has 4 nitrogen and oxygen atoms in total. The van der Waals surface area contributed by atoms with Crippen molar-refractivity contribution in [3.63, 3.8) is 0 Å². The summed E-state index contributed by atoms with van der Waals surface area (Å²) >= 11 is 0. The SMILES string of the molecule is CCC(C)[C@H](N)C(=O)Nc1ccc(N(CC)CC)cc1. The minimum absolute atomic E-state index is 0.116. The number of hydrogen-bond donors (Lipinski definition) is 2. The number of rotatable bonds is 7. The summed E-state index contributed by atoms with van der Waals surface area (Å²) in [6.07, 6.45) is 0.898. The van der Waals surface area contributed by atoms with Crippen LogP contribution in [0.25, 0.3) is 0 Å². The highest BCUT2D eigenvalue weighted by Gasteiger charge is 2.19. The molecule has 112 valence electrons. The molecule has 0 saturated carbocycles. The molecule has 2 atom stereocenters. The van der Waals surface area contributed by atoms with Gasteiger partial charge in [0.2, 0.25) is 5.91 Å². The van der Waals surface area contributed by atoms with Crippen molar-refractivity contribution in [2.45, 2.75) is 40.2 Å². The predicted molar refractivity (Wildman–Crippen MR) is 86.1 cm³/mol. The van der Waals surface area contributed by atoms with Crippen LogP contribution in [0.15, 0.2) is 24.3 Å². The molecule has 3 N–H and O–H groups in total. The molecule has 0 bridgehead atoms. The zero-order valence-electron chi connectivity index (χ0n) is 13.0. The van der Waals surface area contributed by atoms with Crippen molar-refractivity contribution in [3.8, 4) is 0 Å². The molecule has 4 heteroatoms. The van der Waals surface area contributed by atoms with Crippen LogP contribution < -0.4 is 16.0 Å². The number of carbonyl (C=O) groups is 1. The zero-order valence-corrected chi connectivity index (χ0v) is 13.0. The Labute approximate surface area is 122 Å². The summed E-state index contributed by atoms with van der Waals surface area (Å²) in [6.45, 7) is 10.2. The molecule has 0 aliphatic carbocycles. The van der Waals surface area contributed by atoms with Gasteiger partial charge in [-0.15, -0.1) is 0 Å². The number of nitrogens with one attached hydrogen (secondary N) is 1. The van der Waals surface area contributed by atoms with Gasteiger partial charge in [0.25, 0.3) is 0 Å². The Balaban J connectivity index is 2.68. The van der Waals surface area contributed by atoms with Crippen LogP contribution in [0.4, 0.5) is 11.4 Å². The Morgan fingerprint density at radius 1 is 1.20 bits per heavy atom. The Kier molecular flexibility index (Phi) is 6.52. The molecule has 20 heavy (non-hydrogen) atoms. The molecular formula is C16H27N3O. The van der Waals surface area contributed by atoms with E-state index in [9.17, 15) is 4.79 Å². The summed E-state index contributed by atoms with van der Waals surface area (Å²) in [7, 11) is 0. The fraction of sp³-hybridized carbons (Fsp3) is 0.562. The van der Waals surface area contributed by atoms with Gasteiger partial charge in [-0.05, 0) is 44.0 Å². The van der Waals surface area contributed by atoms with Gasteiger partial charge in [0.05, 0.1) is 6.04 Å². The van der Waals surface area contributed by atoms with E-state index in [1.165, 1.54) is 5.69 Å². The van der Waals surface area contributed by atoms with E-state index < -0.39 is 6.04 Å². The lowest BCUT2D eigenvalue weighted by atomic mass is 9.99. The normalized spacial score (nSPS) is 13.7. The highest BCUT2D eigenvalue weighted by atomic mass is 16.2. The summed E-state index contributed by atoms with van der Waals surface area (Å²) in [6, 6.07) is 7.45. The summed E-state index contributed by atoms with van der Waals surface area (Å²) < 4.78 is 0. The average Bonchev–Trinajstić information content (AvgIpc) is 2.48. The first-order valence-electron chi connectivity index (χ1n) is 7.44. The summed E-state index contributed by atoms with van der Waals surface area (Å²) in [4.78, 5) is 14.3. The van der Waals surface area contributed by atoms with E-state index in [1.807, 2.05) is 38.1 Å². The molecular weight excluding hydrogens is 250 g/mol. The van der Waals surface area contributed by atoms with Crippen molar-refractivity contribution in [1.82, 2.24) is 0 Å². The molecule has 1 unspecified atom stereocenters. The first kappa shape index (κ1) is 16.5. The maximum absolute atomic E-state index is 12.0. The highest BCUT2D eigenvalue weighted by Crippen LogP contribution is 2.18. The molecule has 0 radical (unpaired) electrons. The Hall–Kier alpha value is -1.55. The van der Waals surface area contributed by atoms with Gasteiger partial charge in [0.15, 0.2) is 0 Å². The Morgan fingerprint density at radius 2 is 1.75 bits per heavy atom. The monoisotopic (exact) mass is 277 g/mol. The van der Waals surface area contributed by atoms with E-state index in [1.54, 1.807) is 0 Å². The van der Waals surface area contributed by atoms with Gasteiger partial charge in [-0.25, -0.2) is 0 Å². The smallest absolute Gasteiger partial charge is 0.241 e. The third-order valence-electron chi connectivity index (χ3n) is 3.82. The molecule has 0 spiro atoms. The van der Waals surface area contributed by atoms with Crippen LogP contribution >= 0.6 is 0 Å². The largest absolute Gasteiger partial charge is 0.372 e. The second-order valence-corrected chi connectivity index (χ2v) is 5.12. The third kappa shape index (κ3) is 4.23. The standard InChI is InChI=1S/C16H27N3O/c1-5-12(4)15(17)16(20)18-13-8-10-14(11-9-13)19(6-2)7-3/h8-12,15H,5-7,17H2,1-4H3,(H,18,20)/t12?,15-/m0/s1. The fourth-order valence-corrected chi connectivity index (χ4v) is 2.08. The highest BCUT2D eigenvalue weighted by molar-refractivity contribution is 5.95. The first-order valence-corrected chi connectivity index (χ1v) is 7.44. The van der Waals surface area contributed by atoms with Crippen molar-refractivity contribution in [2.75, 3.05) is 23.3 Å². The minimum atomic E-state index is -0.456. The quantitative estimate of drug-likeness (QED) is 0.805. The molecule has 0 saturated heterocycles. The first-order chi connectivity index (χ1) is 9.53. The Morgan fingerprint density at radius 3 is 2.20 bits per heavy atom. The molecule has 1 amide bonds. The van der Waals surface area contributed by atoms with Crippen molar-refractivity contribution in [3.05, 3.63) is 24.3 Å².